The molecule has 2 aromatic carbocycles. The van der Waals surface area contributed by atoms with Gasteiger partial charge in [-0.15, -0.1) is 23.3 Å². The minimum absolute atomic E-state index is 0. The van der Waals surface area contributed by atoms with E-state index >= 15 is 0 Å². The predicted molar refractivity (Wildman–Crippen MR) is 118 cm³/mol. The number of rotatable bonds is 7. The molecule has 30 heavy (non-hydrogen) atoms. The average Bonchev–Trinajstić information content (AvgIpc) is 3.02. The Balaban J connectivity index is 0. The van der Waals surface area contributed by atoms with E-state index in [4.69, 9.17) is 0 Å². The summed E-state index contributed by atoms with van der Waals surface area (Å²) in [7, 11) is -0.464. The maximum atomic E-state index is 3.82. The number of halogens is 3. The molecule has 0 unspecified atom stereocenters. The number of aryl methyl sites for hydroxylation is 3. The Morgan fingerprint density at radius 1 is 0.900 bits per heavy atom. The second-order valence-corrected chi connectivity index (χ2v) is 9.68. The van der Waals surface area contributed by atoms with Crippen molar-refractivity contribution in [2.24, 2.45) is 0 Å². The van der Waals surface area contributed by atoms with Gasteiger partial charge in [-0.3, -0.25) is 0 Å². The summed E-state index contributed by atoms with van der Waals surface area (Å²) in [5, 5.41) is 3.31. The SMILES string of the molecule is CCCCCC1=[C-]C(c2ccccc2)=C([SiH2]c2c(C)cc(C)cc2C)C1.[Cl-].[Cl-].[Cl-].[Ti+4]. The van der Waals surface area contributed by atoms with Crippen molar-refractivity contribution >= 4 is 20.3 Å². The van der Waals surface area contributed by atoms with Crippen LogP contribution in [0.5, 0.6) is 0 Å². The van der Waals surface area contributed by atoms with Crippen molar-refractivity contribution < 1.29 is 58.9 Å². The molecule has 0 nitrogen and oxygen atoms in total. The largest absolute Gasteiger partial charge is 4.00 e. The molecule has 0 amide bonds. The van der Waals surface area contributed by atoms with E-state index in [1.165, 1.54) is 59.1 Å². The van der Waals surface area contributed by atoms with Crippen LogP contribution in [0.15, 0.2) is 53.2 Å². The minimum Gasteiger partial charge on any atom is -1.00 e. The first kappa shape index (κ1) is 31.9. The molecule has 0 saturated heterocycles. The molecule has 0 fully saturated rings. The van der Waals surface area contributed by atoms with E-state index < -0.39 is 9.52 Å². The first-order valence-corrected chi connectivity index (χ1v) is 11.5. The van der Waals surface area contributed by atoms with Gasteiger partial charge in [-0.05, 0) is 27.2 Å². The fourth-order valence-corrected chi connectivity index (χ4v) is 6.21. The molecule has 0 spiro atoms. The summed E-state index contributed by atoms with van der Waals surface area (Å²) in [5.74, 6) is 0. The maximum absolute atomic E-state index is 3.82. The van der Waals surface area contributed by atoms with E-state index in [1.54, 1.807) is 10.4 Å². The molecule has 1 aliphatic carbocycles. The summed E-state index contributed by atoms with van der Waals surface area (Å²) < 4.78 is 0. The molecule has 2 aromatic rings. The van der Waals surface area contributed by atoms with E-state index in [0.29, 0.717) is 0 Å². The van der Waals surface area contributed by atoms with Gasteiger partial charge in [0.05, 0.1) is 0 Å². The Kier molecular flexibility index (Phi) is 16.5. The first-order chi connectivity index (χ1) is 12.6. The van der Waals surface area contributed by atoms with E-state index in [0.717, 1.165) is 6.42 Å². The van der Waals surface area contributed by atoms with E-state index in [-0.39, 0.29) is 58.9 Å². The van der Waals surface area contributed by atoms with Crippen molar-refractivity contribution in [1.29, 1.82) is 0 Å². The molecule has 0 aromatic heterocycles. The molecular formula is C25H31Cl3SiTi. The Bertz CT molecular complexity index is 822. The van der Waals surface area contributed by atoms with Crippen molar-refractivity contribution in [3.63, 3.8) is 0 Å². The summed E-state index contributed by atoms with van der Waals surface area (Å²) in [4.78, 5) is 0. The third-order valence-corrected chi connectivity index (χ3v) is 7.96. The first-order valence-electron chi connectivity index (χ1n) is 10.0. The van der Waals surface area contributed by atoms with Crippen LogP contribution in [0.3, 0.4) is 0 Å². The van der Waals surface area contributed by atoms with Crippen LogP contribution >= 0.6 is 0 Å². The number of hydrogen-bond acceptors (Lipinski definition) is 0. The van der Waals surface area contributed by atoms with Gasteiger partial charge in [-0.1, -0.05) is 84.8 Å². The van der Waals surface area contributed by atoms with Crippen molar-refractivity contribution in [1.82, 2.24) is 0 Å². The van der Waals surface area contributed by atoms with Crippen LogP contribution in [0.25, 0.3) is 5.57 Å². The molecular weight excluding hydrogens is 483 g/mol. The molecule has 0 atom stereocenters. The quantitative estimate of drug-likeness (QED) is 0.205. The fraction of sp³-hybridized carbons (Fsp3) is 0.360. The third kappa shape index (κ3) is 8.34. The van der Waals surface area contributed by atoms with E-state index in [2.05, 4.69) is 76.2 Å². The Morgan fingerprint density at radius 2 is 1.50 bits per heavy atom. The van der Waals surface area contributed by atoms with E-state index in [9.17, 15) is 0 Å². The van der Waals surface area contributed by atoms with Gasteiger partial charge in [0.1, 0.15) is 0 Å². The van der Waals surface area contributed by atoms with Gasteiger partial charge in [0.25, 0.3) is 0 Å². The van der Waals surface area contributed by atoms with Crippen LogP contribution < -0.4 is 42.4 Å². The summed E-state index contributed by atoms with van der Waals surface area (Å²) in [6.45, 7) is 9.07. The molecule has 0 N–H and O–H groups in total. The van der Waals surface area contributed by atoms with Crippen LogP contribution in [-0.4, -0.2) is 9.52 Å². The summed E-state index contributed by atoms with van der Waals surface area (Å²) in [6, 6.07) is 15.6. The average molecular weight is 514 g/mol. The summed E-state index contributed by atoms with van der Waals surface area (Å²) in [5.41, 5.74) is 8.63. The number of allylic oxidation sites excluding steroid dienone is 4. The van der Waals surface area contributed by atoms with Gasteiger partial charge >= 0.3 is 21.7 Å². The zero-order chi connectivity index (χ0) is 18.5. The third-order valence-electron chi connectivity index (χ3n) is 5.46. The van der Waals surface area contributed by atoms with Crippen LogP contribution in [0.2, 0.25) is 0 Å². The zero-order valence-corrected chi connectivity index (χ0v) is 23.7. The molecule has 1 aliphatic rings. The molecule has 160 valence electrons. The van der Waals surface area contributed by atoms with Gasteiger partial charge in [-0.25, -0.2) is 0 Å². The molecule has 0 saturated carbocycles. The molecule has 0 heterocycles. The van der Waals surface area contributed by atoms with Crippen LogP contribution in [0.1, 0.15) is 61.3 Å². The number of hydrogen-bond donors (Lipinski definition) is 0. The van der Waals surface area contributed by atoms with Gasteiger partial charge in [0.2, 0.25) is 0 Å². The Morgan fingerprint density at radius 3 is 2.07 bits per heavy atom. The van der Waals surface area contributed by atoms with Crippen molar-refractivity contribution in [2.45, 2.75) is 59.8 Å². The predicted octanol–water partition coefficient (Wildman–Crippen LogP) is -3.46. The molecule has 0 radical (unpaired) electrons. The van der Waals surface area contributed by atoms with E-state index in [1.807, 2.05) is 0 Å². The van der Waals surface area contributed by atoms with Crippen molar-refractivity contribution in [2.75, 3.05) is 0 Å². The van der Waals surface area contributed by atoms with Gasteiger partial charge < -0.3 is 37.2 Å². The Hall–Kier alpha value is -0.279. The minimum atomic E-state index is -0.464. The van der Waals surface area contributed by atoms with Crippen LogP contribution in [-0.2, 0) is 21.7 Å². The smallest absolute Gasteiger partial charge is 1.00 e. The molecule has 0 bridgehead atoms. The maximum Gasteiger partial charge on any atom is 4.00 e. The van der Waals surface area contributed by atoms with Gasteiger partial charge in [0.15, 0.2) is 0 Å². The molecule has 3 rings (SSSR count). The zero-order valence-electron chi connectivity index (χ0n) is 18.4. The standard InChI is InChI=1S/C25H31Si.3ClH.Ti/c1-5-6-8-11-21-16-23(22-12-9-7-10-13-22)24(17-21)26-25-19(3)14-18(2)15-20(25)4;;;;/h7,9-10,12-15H,5-6,8,11,17,26H2,1-4H3;3*1H;/q-1;;;;+4/p-3. The van der Waals surface area contributed by atoms with Crippen molar-refractivity contribution in [3.05, 3.63) is 81.6 Å². The second kappa shape index (κ2) is 15.5. The number of benzene rings is 2. The van der Waals surface area contributed by atoms with Gasteiger partial charge in [-0.2, -0.15) is 16.8 Å². The van der Waals surface area contributed by atoms with Crippen LogP contribution in [0.4, 0.5) is 0 Å². The van der Waals surface area contributed by atoms with Gasteiger partial charge in [0, 0.05) is 9.52 Å². The summed E-state index contributed by atoms with van der Waals surface area (Å²) >= 11 is 0. The molecule has 5 heteroatoms. The van der Waals surface area contributed by atoms with Crippen molar-refractivity contribution in [3.8, 4) is 0 Å². The van der Waals surface area contributed by atoms with Crippen LogP contribution in [0, 0.1) is 26.8 Å². The fourth-order valence-electron chi connectivity index (χ4n) is 4.13. The molecule has 0 aliphatic heterocycles. The monoisotopic (exact) mass is 512 g/mol. The number of unbranched alkanes of at least 4 members (excludes halogenated alkanes) is 2. The summed E-state index contributed by atoms with van der Waals surface area (Å²) in [6.07, 6.45) is 10.1. The second-order valence-electron chi connectivity index (χ2n) is 7.76. The normalized spacial score (nSPS) is 12.6. The Labute approximate surface area is 219 Å². The topological polar surface area (TPSA) is 0 Å².